The molecule has 5 heteroatoms. The molecule has 19 heavy (non-hydrogen) atoms. The van der Waals surface area contributed by atoms with Gasteiger partial charge in [-0.2, -0.15) is 0 Å². The first kappa shape index (κ1) is 15.5. The highest BCUT2D eigenvalue weighted by Crippen LogP contribution is 2.13. The highest BCUT2D eigenvalue weighted by atomic mass is 16.5. The van der Waals surface area contributed by atoms with Gasteiger partial charge in [-0.1, -0.05) is 12.1 Å². The molecule has 0 aliphatic heterocycles. The third kappa shape index (κ3) is 6.79. The van der Waals surface area contributed by atoms with E-state index >= 15 is 0 Å². The van der Waals surface area contributed by atoms with E-state index in [4.69, 9.17) is 9.47 Å². The zero-order valence-corrected chi connectivity index (χ0v) is 11.4. The minimum absolute atomic E-state index is 0.0144. The molecule has 106 valence electrons. The lowest BCUT2D eigenvalue weighted by Gasteiger charge is -2.08. The summed E-state index contributed by atoms with van der Waals surface area (Å²) in [6.45, 7) is 2.69. The number of methoxy groups -OCH3 is 1. The molecule has 0 aliphatic rings. The molecule has 0 saturated carbocycles. The van der Waals surface area contributed by atoms with Crippen molar-refractivity contribution in [3.8, 4) is 5.75 Å². The maximum atomic E-state index is 11.4. The van der Waals surface area contributed by atoms with E-state index in [0.29, 0.717) is 25.3 Å². The van der Waals surface area contributed by atoms with Gasteiger partial charge in [0, 0.05) is 13.7 Å². The van der Waals surface area contributed by atoms with E-state index in [1.54, 1.807) is 26.2 Å². The van der Waals surface area contributed by atoms with Crippen LogP contribution in [0.25, 0.3) is 0 Å². The number of aliphatic hydroxyl groups excluding tert-OH is 1. The molecule has 0 aromatic heterocycles. The second-order valence-electron chi connectivity index (χ2n) is 4.33. The van der Waals surface area contributed by atoms with Crippen LogP contribution in [0, 0.1) is 0 Å². The molecule has 0 radical (unpaired) electrons. The van der Waals surface area contributed by atoms with E-state index in [9.17, 15) is 9.90 Å². The zero-order chi connectivity index (χ0) is 14.1. The topological polar surface area (TPSA) is 67.8 Å². The molecule has 1 unspecified atom stereocenters. The second kappa shape index (κ2) is 8.50. The van der Waals surface area contributed by atoms with Crippen LogP contribution in [0.15, 0.2) is 24.3 Å². The van der Waals surface area contributed by atoms with Crippen molar-refractivity contribution >= 4 is 5.91 Å². The number of hydrogen-bond donors (Lipinski definition) is 2. The lowest BCUT2D eigenvalue weighted by molar-refractivity contribution is -0.123. The minimum atomic E-state index is -0.363. The molecule has 1 rings (SSSR count). The SMILES string of the molecule is COCCNC(=O)COc1ccc(CC(C)O)cc1. The predicted octanol–water partition coefficient (Wildman–Crippen LogP) is 0.751. The average Bonchev–Trinajstić information content (AvgIpc) is 2.37. The van der Waals surface area contributed by atoms with Gasteiger partial charge in [-0.15, -0.1) is 0 Å². The second-order valence-corrected chi connectivity index (χ2v) is 4.33. The van der Waals surface area contributed by atoms with Gasteiger partial charge in [0.05, 0.1) is 12.7 Å². The molecule has 0 spiro atoms. The van der Waals surface area contributed by atoms with E-state index in [1.165, 1.54) is 0 Å². The molecular formula is C14H21NO4. The smallest absolute Gasteiger partial charge is 0.258 e. The summed E-state index contributed by atoms with van der Waals surface area (Å²) in [7, 11) is 1.58. The Bertz CT molecular complexity index is 376. The third-order valence-corrected chi connectivity index (χ3v) is 2.45. The van der Waals surface area contributed by atoms with Crippen LogP contribution in [0.3, 0.4) is 0 Å². The van der Waals surface area contributed by atoms with E-state index in [1.807, 2.05) is 12.1 Å². The Balaban J connectivity index is 2.31. The first-order valence-corrected chi connectivity index (χ1v) is 6.27. The van der Waals surface area contributed by atoms with Crippen LogP contribution in [0.4, 0.5) is 0 Å². The fourth-order valence-corrected chi connectivity index (χ4v) is 1.56. The molecule has 1 amide bonds. The van der Waals surface area contributed by atoms with Crippen LogP contribution in [0.1, 0.15) is 12.5 Å². The minimum Gasteiger partial charge on any atom is -0.484 e. The van der Waals surface area contributed by atoms with Crippen molar-refractivity contribution < 1.29 is 19.4 Å². The molecule has 5 nitrogen and oxygen atoms in total. The van der Waals surface area contributed by atoms with Gasteiger partial charge in [-0.25, -0.2) is 0 Å². The number of carbonyl (C=O) groups excluding carboxylic acids is 1. The molecular weight excluding hydrogens is 246 g/mol. The molecule has 0 heterocycles. The normalized spacial score (nSPS) is 11.9. The van der Waals surface area contributed by atoms with Crippen molar-refractivity contribution in [3.63, 3.8) is 0 Å². The van der Waals surface area contributed by atoms with Crippen LogP contribution >= 0.6 is 0 Å². The summed E-state index contributed by atoms with van der Waals surface area (Å²) >= 11 is 0. The Labute approximate surface area is 113 Å². The number of hydrogen-bond acceptors (Lipinski definition) is 4. The van der Waals surface area contributed by atoms with E-state index < -0.39 is 0 Å². The van der Waals surface area contributed by atoms with Crippen LogP contribution < -0.4 is 10.1 Å². The van der Waals surface area contributed by atoms with Gasteiger partial charge in [-0.05, 0) is 31.0 Å². The van der Waals surface area contributed by atoms with Gasteiger partial charge in [0.1, 0.15) is 5.75 Å². The van der Waals surface area contributed by atoms with Crippen molar-refractivity contribution in [2.45, 2.75) is 19.4 Å². The maximum absolute atomic E-state index is 11.4. The number of nitrogens with one attached hydrogen (secondary N) is 1. The summed E-state index contributed by atoms with van der Waals surface area (Å²) in [5, 5.41) is 11.9. The van der Waals surface area contributed by atoms with Crippen molar-refractivity contribution in [1.29, 1.82) is 0 Å². The Morgan fingerprint density at radius 3 is 2.63 bits per heavy atom. The third-order valence-electron chi connectivity index (χ3n) is 2.45. The number of amides is 1. The molecule has 0 saturated heterocycles. The molecule has 2 N–H and O–H groups in total. The highest BCUT2D eigenvalue weighted by Gasteiger charge is 2.03. The van der Waals surface area contributed by atoms with Crippen molar-refractivity contribution in [3.05, 3.63) is 29.8 Å². The van der Waals surface area contributed by atoms with Gasteiger partial charge in [0.25, 0.3) is 5.91 Å². The number of benzene rings is 1. The van der Waals surface area contributed by atoms with Gasteiger partial charge in [0.15, 0.2) is 6.61 Å². The summed E-state index contributed by atoms with van der Waals surface area (Å²) in [6, 6.07) is 7.34. The van der Waals surface area contributed by atoms with E-state index in [2.05, 4.69) is 5.32 Å². The van der Waals surface area contributed by atoms with Crippen molar-refractivity contribution in [2.75, 3.05) is 26.9 Å². The average molecular weight is 267 g/mol. The molecule has 0 aliphatic carbocycles. The molecule has 0 fully saturated rings. The number of aliphatic hydroxyl groups is 1. The van der Waals surface area contributed by atoms with E-state index in [-0.39, 0.29) is 18.6 Å². The largest absolute Gasteiger partial charge is 0.484 e. The summed E-state index contributed by atoms with van der Waals surface area (Å²) in [6.07, 6.45) is 0.246. The Hall–Kier alpha value is -1.59. The van der Waals surface area contributed by atoms with Crippen LogP contribution in [-0.4, -0.2) is 44.0 Å². The lowest BCUT2D eigenvalue weighted by Crippen LogP contribution is -2.31. The first-order valence-electron chi connectivity index (χ1n) is 6.27. The lowest BCUT2D eigenvalue weighted by atomic mass is 10.1. The van der Waals surface area contributed by atoms with Crippen LogP contribution in [-0.2, 0) is 16.0 Å². The maximum Gasteiger partial charge on any atom is 0.258 e. The standard InChI is InChI=1S/C14H21NO4/c1-11(16)9-12-3-5-13(6-4-12)19-10-14(17)15-7-8-18-2/h3-6,11,16H,7-10H2,1-2H3,(H,15,17). The van der Waals surface area contributed by atoms with Gasteiger partial charge < -0.3 is 19.9 Å². The van der Waals surface area contributed by atoms with Gasteiger partial charge in [-0.3, -0.25) is 4.79 Å². The van der Waals surface area contributed by atoms with Crippen molar-refractivity contribution in [2.24, 2.45) is 0 Å². The van der Waals surface area contributed by atoms with Crippen molar-refractivity contribution in [1.82, 2.24) is 5.32 Å². The quantitative estimate of drug-likeness (QED) is 0.682. The van der Waals surface area contributed by atoms with Gasteiger partial charge >= 0.3 is 0 Å². The molecule has 1 aromatic carbocycles. The zero-order valence-electron chi connectivity index (χ0n) is 11.4. The van der Waals surface area contributed by atoms with Crippen LogP contribution in [0.2, 0.25) is 0 Å². The van der Waals surface area contributed by atoms with E-state index in [0.717, 1.165) is 5.56 Å². The molecule has 0 bridgehead atoms. The summed E-state index contributed by atoms with van der Waals surface area (Å²) in [5.74, 6) is 0.460. The Kier molecular flexibility index (Phi) is 6.92. The number of ether oxygens (including phenoxy) is 2. The Morgan fingerprint density at radius 1 is 1.37 bits per heavy atom. The summed E-state index contributed by atoms with van der Waals surface area (Å²) in [5.41, 5.74) is 1.03. The number of carbonyl (C=O) groups is 1. The summed E-state index contributed by atoms with van der Waals surface area (Å²) in [4.78, 5) is 11.4. The predicted molar refractivity (Wildman–Crippen MR) is 72.2 cm³/mol. The van der Waals surface area contributed by atoms with Crippen LogP contribution in [0.5, 0.6) is 5.75 Å². The summed E-state index contributed by atoms with van der Waals surface area (Å²) < 4.78 is 10.2. The monoisotopic (exact) mass is 267 g/mol. The highest BCUT2D eigenvalue weighted by molar-refractivity contribution is 5.77. The first-order chi connectivity index (χ1) is 9.11. The molecule has 1 atom stereocenters. The van der Waals surface area contributed by atoms with Gasteiger partial charge in [0.2, 0.25) is 0 Å². The molecule has 1 aromatic rings. The fourth-order valence-electron chi connectivity index (χ4n) is 1.56. The Morgan fingerprint density at radius 2 is 2.05 bits per heavy atom. The fraction of sp³-hybridized carbons (Fsp3) is 0.500. The number of rotatable bonds is 8.